The summed E-state index contributed by atoms with van der Waals surface area (Å²) in [6, 6.07) is 11.1. The molecule has 2 unspecified atom stereocenters. The number of nitrogens with zero attached hydrogens (tertiary/aromatic N) is 1. The molecule has 3 rings (SSSR count). The van der Waals surface area contributed by atoms with E-state index in [9.17, 15) is 5.11 Å². The summed E-state index contributed by atoms with van der Waals surface area (Å²) in [7, 11) is 0. The number of rotatable bonds is 6. The first-order valence-electron chi connectivity index (χ1n) is 8.75. The van der Waals surface area contributed by atoms with Gasteiger partial charge in [0.05, 0.1) is 19.4 Å². The molecule has 1 aromatic heterocycles. The Balaban J connectivity index is 0.00000261. The molecule has 7 nitrogen and oxygen atoms in total. The van der Waals surface area contributed by atoms with Crippen molar-refractivity contribution in [3.63, 3.8) is 0 Å². The van der Waals surface area contributed by atoms with Crippen LogP contribution in [0, 0.1) is 0 Å². The molecule has 27 heavy (non-hydrogen) atoms. The molecule has 8 heteroatoms. The first-order valence-corrected chi connectivity index (χ1v) is 8.75. The summed E-state index contributed by atoms with van der Waals surface area (Å²) in [5.41, 5.74) is -1.17. The molecule has 2 heterocycles. The highest BCUT2D eigenvalue weighted by molar-refractivity contribution is 14.0. The zero-order valence-corrected chi connectivity index (χ0v) is 17.8. The molecule has 0 fully saturated rings. The van der Waals surface area contributed by atoms with E-state index in [2.05, 4.69) is 15.6 Å². The van der Waals surface area contributed by atoms with Gasteiger partial charge in [-0.15, -0.1) is 24.0 Å². The minimum Gasteiger partial charge on any atom is -0.486 e. The number of nitrogens with one attached hydrogen (secondary N) is 2. The second-order valence-electron chi connectivity index (χ2n) is 6.32. The fourth-order valence-corrected chi connectivity index (χ4v) is 2.61. The third-order valence-electron chi connectivity index (χ3n) is 4.01. The van der Waals surface area contributed by atoms with Gasteiger partial charge in [-0.25, -0.2) is 4.99 Å². The Morgan fingerprint density at radius 1 is 1.22 bits per heavy atom. The topological polar surface area (TPSA) is 88.3 Å². The summed E-state index contributed by atoms with van der Waals surface area (Å²) in [6.45, 7) is 5.53. The Bertz CT molecular complexity index is 734. The van der Waals surface area contributed by atoms with Crippen LogP contribution in [-0.2, 0) is 5.60 Å². The van der Waals surface area contributed by atoms with Gasteiger partial charge in [0, 0.05) is 6.54 Å². The van der Waals surface area contributed by atoms with Crippen LogP contribution in [0.2, 0.25) is 0 Å². The molecule has 0 aliphatic carbocycles. The van der Waals surface area contributed by atoms with E-state index in [0.717, 1.165) is 11.5 Å². The Kier molecular flexibility index (Phi) is 7.78. The Hall–Kier alpha value is -1.94. The van der Waals surface area contributed by atoms with E-state index in [-0.39, 0.29) is 36.6 Å². The zero-order valence-electron chi connectivity index (χ0n) is 15.5. The van der Waals surface area contributed by atoms with Crippen LogP contribution in [-0.4, -0.2) is 43.4 Å². The molecule has 0 bridgehead atoms. The lowest BCUT2D eigenvalue weighted by Crippen LogP contribution is -2.45. The third-order valence-corrected chi connectivity index (χ3v) is 4.01. The summed E-state index contributed by atoms with van der Waals surface area (Å²) in [5.74, 6) is 2.59. The van der Waals surface area contributed by atoms with Gasteiger partial charge in [-0.1, -0.05) is 12.1 Å². The Labute approximate surface area is 176 Å². The molecule has 3 N–H and O–H groups in total. The predicted octanol–water partition coefficient (Wildman–Crippen LogP) is 2.50. The zero-order chi connectivity index (χ0) is 18.4. The molecule has 0 amide bonds. The van der Waals surface area contributed by atoms with Gasteiger partial charge in [0.1, 0.15) is 24.1 Å². The maximum Gasteiger partial charge on any atom is 0.191 e. The smallest absolute Gasteiger partial charge is 0.191 e. The Morgan fingerprint density at radius 2 is 2.00 bits per heavy atom. The quantitative estimate of drug-likeness (QED) is 0.330. The fraction of sp³-hybridized carbons (Fsp3) is 0.421. The van der Waals surface area contributed by atoms with Gasteiger partial charge in [-0.05, 0) is 38.1 Å². The molecular formula is C19H26IN3O4. The number of furan rings is 1. The van der Waals surface area contributed by atoms with Crippen molar-refractivity contribution in [1.82, 2.24) is 10.6 Å². The number of aliphatic imine (C=N–C) groups is 1. The van der Waals surface area contributed by atoms with Crippen LogP contribution in [0.1, 0.15) is 19.6 Å². The molecule has 0 saturated heterocycles. The van der Waals surface area contributed by atoms with Gasteiger partial charge >= 0.3 is 0 Å². The normalized spacial score (nSPS) is 18.2. The minimum atomic E-state index is -1.17. The number of ether oxygens (including phenoxy) is 2. The van der Waals surface area contributed by atoms with Crippen molar-refractivity contribution in [2.45, 2.75) is 25.6 Å². The summed E-state index contributed by atoms with van der Waals surface area (Å²) >= 11 is 0. The summed E-state index contributed by atoms with van der Waals surface area (Å²) in [6.07, 6.45) is 1.41. The second-order valence-corrected chi connectivity index (χ2v) is 6.32. The SMILES string of the molecule is CCNC(=NCC(C)(O)c1ccco1)NCC1COc2ccccc2O1.I. The number of fused-ring (bicyclic) bond motifs is 1. The van der Waals surface area contributed by atoms with E-state index in [0.29, 0.717) is 31.4 Å². The van der Waals surface area contributed by atoms with Crippen molar-refractivity contribution in [2.24, 2.45) is 4.99 Å². The predicted molar refractivity (Wildman–Crippen MR) is 114 cm³/mol. The highest BCUT2D eigenvalue weighted by Crippen LogP contribution is 2.30. The number of hydrogen-bond acceptors (Lipinski definition) is 5. The van der Waals surface area contributed by atoms with Crippen molar-refractivity contribution < 1.29 is 19.0 Å². The first-order chi connectivity index (χ1) is 12.6. The van der Waals surface area contributed by atoms with Gasteiger partial charge in [0.15, 0.2) is 17.5 Å². The first kappa shape index (κ1) is 21.4. The maximum absolute atomic E-state index is 10.5. The van der Waals surface area contributed by atoms with E-state index >= 15 is 0 Å². The summed E-state index contributed by atoms with van der Waals surface area (Å²) in [5, 5.41) is 16.9. The highest BCUT2D eigenvalue weighted by atomic mass is 127. The van der Waals surface area contributed by atoms with Crippen molar-refractivity contribution in [2.75, 3.05) is 26.2 Å². The number of aliphatic hydroxyl groups is 1. The molecule has 0 spiro atoms. The van der Waals surface area contributed by atoms with Gasteiger partial charge < -0.3 is 29.6 Å². The van der Waals surface area contributed by atoms with Crippen LogP contribution >= 0.6 is 24.0 Å². The molecule has 148 valence electrons. The standard InChI is InChI=1S/C19H25N3O4.HI/c1-3-20-18(22-13-19(2,23)17-9-6-10-24-17)21-11-14-12-25-15-7-4-5-8-16(15)26-14;/h4-10,14,23H,3,11-13H2,1-2H3,(H2,20,21,22);1H. The third kappa shape index (κ3) is 5.77. The van der Waals surface area contributed by atoms with Crippen molar-refractivity contribution >= 4 is 29.9 Å². The van der Waals surface area contributed by atoms with E-state index in [1.165, 1.54) is 6.26 Å². The number of benzene rings is 1. The van der Waals surface area contributed by atoms with Crippen LogP contribution in [0.15, 0.2) is 52.1 Å². The number of para-hydroxylation sites is 2. The fourth-order valence-electron chi connectivity index (χ4n) is 2.61. The van der Waals surface area contributed by atoms with E-state index in [4.69, 9.17) is 13.9 Å². The van der Waals surface area contributed by atoms with Gasteiger partial charge in [0.25, 0.3) is 0 Å². The second kappa shape index (κ2) is 9.84. The summed E-state index contributed by atoms with van der Waals surface area (Å²) < 4.78 is 16.9. The van der Waals surface area contributed by atoms with Crippen LogP contribution in [0.5, 0.6) is 11.5 Å². The van der Waals surface area contributed by atoms with Crippen LogP contribution in [0.4, 0.5) is 0 Å². The molecule has 0 radical (unpaired) electrons. The Morgan fingerprint density at radius 3 is 2.70 bits per heavy atom. The van der Waals surface area contributed by atoms with Crippen molar-refractivity contribution in [3.05, 3.63) is 48.4 Å². The molecule has 1 aliphatic rings. The van der Waals surface area contributed by atoms with E-state index in [1.54, 1.807) is 19.1 Å². The van der Waals surface area contributed by atoms with Crippen molar-refractivity contribution in [3.8, 4) is 11.5 Å². The summed E-state index contributed by atoms with van der Waals surface area (Å²) in [4.78, 5) is 4.46. The lowest BCUT2D eigenvalue weighted by atomic mass is 10.0. The van der Waals surface area contributed by atoms with Gasteiger partial charge in [-0.2, -0.15) is 0 Å². The van der Waals surface area contributed by atoms with E-state index < -0.39 is 5.60 Å². The van der Waals surface area contributed by atoms with Gasteiger partial charge in [-0.3, -0.25) is 0 Å². The van der Waals surface area contributed by atoms with Crippen molar-refractivity contribution in [1.29, 1.82) is 0 Å². The number of guanidine groups is 1. The molecule has 2 aromatic rings. The minimum absolute atomic E-state index is 0. The van der Waals surface area contributed by atoms with Crippen LogP contribution in [0.25, 0.3) is 0 Å². The lowest BCUT2D eigenvalue weighted by Gasteiger charge is -2.27. The largest absolute Gasteiger partial charge is 0.486 e. The molecule has 1 aliphatic heterocycles. The van der Waals surface area contributed by atoms with E-state index in [1.807, 2.05) is 31.2 Å². The molecule has 1 aromatic carbocycles. The van der Waals surface area contributed by atoms with Crippen LogP contribution in [0.3, 0.4) is 0 Å². The number of halogens is 1. The lowest BCUT2D eigenvalue weighted by molar-refractivity contribution is 0.0436. The number of hydrogen-bond donors (Lipinski definition) is 3. The molecular weight excluding hydrogens is 461 g/mol. The van der Waals surface area contributed by atoms with Crippen LogP contribution < -0.4 is 20.1 Å². The molecule has 0 saturated carbocycles. The average molecular weight is 487 g/mol. The van der Waals surface area contributed by atoms with Gasteiger partial charge in [0.2, 0.25) is 0 Å². The maximum atomic E-state index is 10.5. The highest BCUT2D eigenvalue weighted by Gasteiger charge is 2.26. The average Bonchev–Trinajstić information content (AvgIpc) is 3.19. The molecule has 2 atom stereocenters. The monoisotopic (exact) mass is 487 g/mol.